The molecule has 0 unspecified atom stereocenters. The van der Waals surface area contributed by atoms with Crippen LogP contribution in [-0.2, 0) is 4.79 Å². The van der Waals surface area contributed by atoms with Gasteiger partial charge < -0.3 is 10.2 Å². The van der Waals surface area contributed by atoms with E-state index in [2.05, 4.69) is 10.2 Å². The third-order valence-corrected chi connectivity index (χ3v) is 3.79. The van der Waals surface area contributed by atoms with Gasteiger partial charge in [0.15, 0.2) is 0 Å². The van der Waals surface area contributed by atoms with Crippen LogP contribution in [-0.4, -0.2) is 61.4 Å². The highest BCUT2D eigenvalue weighted by Gasteiger charge is 2.21. The number of amides is 2. The van der Waals surface area contributed by atoms with Gasteiger partial charge in [0.2, 0.25) is 5.91 Å². The minimum absolute atomic E-state index is 0.0217. The van der Waals surface area contributed by atoms with Crippen LogP contribution in [0.15, 0.2) is 24.3 Å². The topological polar surface area (TPSA) is 52.7 Å². The molecular weight excluding hydrogens is 266 g/mol. The van der Waals surface area contributed by atoms with Crippen LogP contribution in [0.3, 0.4) is 0 Å². The molecule has 1 aliphatic heterocycles. The van der Waals surface area contributed by atoms with Gasteiger partial charge in [-0.05, 0) is 25.5 Å². The molecule has 1 saturated heterocycles. The van der Waals surface area contributed by atoms with E-state index in [1.165, 1.54) is 0 Å². The number of carbonyl (C=O) groups excluding carboxylic acids is 2. The highest BCUT2D eigenvalue weighted by atomic mass is 16.2. The van der Waals surface area contributed by atoms with Crippen LogP contribution >= 0.6 is 0 Å². The van der Waals surface area contributed by atoms with Gasteiger partial charge in [-0.25, -0.2) is 0 Å². The van der Waals surface area contributed by atoms with Crippen LogP contribution in [0, 0.1) is 6.92 Å². The highest BCUT2D eigenvalue weighted by Crippen LogP contribution is 2.11. The summed E-state index contributed by atoms with van der Waals surface area (Å²) < 4.78 is 0. The summed E-state index contributed by atoms with van der Waals surface area (Å²) in [6.45, 7) is 5.41. The Morgan fingerprint density at radius 2 is 2.00 bits per heavy atom. The van der Waals surface area contributed by atoms with Gasteiger partial charge in [-0.15, -0.1) is 0 Å². The molecule has 2 rings (SSSR count). The predicted octanol–water partition coefficient (Wildman–Crippen LogP) is 0.889. The second-order valence-corrected chi connectivity index (χ2v) is 5.46. The molecule has 1 aromatic rings. The summed E-state index contributed by atoms with van der Waals surface area (Å²) in [5.74, 6) is 0.106. The van der Waals surface area contributed by atoms with Gasteiger partial charge in [-0.1, -0.05) is 17.7 Å². The van der Waals surface area contributed by atoms with Crippen LogP contribution in [0.5, 0.6) is 0 Å². The van der Waals surface area contributed by atoms with Crippen molar-refractivity contribution < 1.29 is 9.59 Å². The van der Waals surface area contributed by atoms with Crippen molar-refractivity contribution >= 4 is 11.8 Å². The Labute approximate surface area is 125 Å². The van der Waals surface area contributed by atoms with Crippen molar-refractivity contribution in [3.8, 4) is 0 Å². The lowest BCUT2D eigenvalue weighted by Gasteiger charge is -2.21. The van der Waals surface area contributed by atoms with Crippen molar-refractivity contribution in [1.29, 1.82) is 0 Å². The molecule has 1 aromatic carbocycles. The second kappa shape index (κ2) is 7.22. The lowest BCUT2D eigenvalue weighted by atomic mass is 10.1. The number of hydrogen-bond acceptors (Lipinski definition) is 3. The smallest absolute Gasteiger partial charge is 0.253 e. The monoisotopic (exact) mass is 289 g/mol. The van der Waals surface area contributed by atoms with Gasteiger partial charge in [-0.3, -0.25) is 14.5 Å². The van der Waals surface area contributed by atoms with E-state index in [-0.39, 0.29) is 11.8 Å². The van der Waals surface area contributed by atoms with Crippen molar-refractivity contribution in [2.24, 2.45) is 0 Å². The molecule has 5 nitrogen and oxygen atoms in total. The Morgan fingerprint density at radius 1 is 1.19 bits per heavy atom. The molecule has 114 valence electrons. The van der Waals surface area contributed by atoms with Crippen molar-refractivity contribution in [2.45, 2.75) is 13.3 Å². The summed E-state index contributed by atoms with van der Waals surface area (Å²) >= 11 is 0. The number of benzene rings is 1. The lowest BCUT2D eigenvalue weighted by molar-refractivity contribution is -0.121. The zero-order valence-electron chi connectivity index (χ0n) is 12.8. The van der Waals surface area contributed by atoms with Crippen LogP contribution in [0.2, 0.25) is 0 Å². The van der Waals surface area contributed by atoms with Crippen LogP contribution in [0.1, 0.15) is 22.3 Å². The van der Waals surface area contributed by atoms with E-state index < -0.39 is 0 Å². The molecule has 1 aliphatic rings. The van der Waals surface area contributed by atoms with Gasteiger partial charge in [0.05, 0.1) is 6.54 Å². The zero-order chi connectivity index (χ0) is 15.2. The summed E-state index contributed by atoms with van der Waals surface area (Å²) in [5.41, 5.74) is 1.84. The number of nitrogens with zero attached hydrogens (tertiary/aromatic N) is 2. The minimum atomic E-state index is 0.0217. The summed E-state index contributed by atoms with van der Waals surface area (Å²) in [6, 6.07) is 7.70. The number of rotatable bonds is 3. The molecule has 0 atom stereocenters. The third kappa shape index (κ3) is 4.29. The standard InChI is InChI=1S/C16H23N3O2/c1-13-5-3-6-14(11-13)16(21)19-8-4-7-18(9-10-19)12-15(20)17-2/h3,5-6,11H,4,7-10,12H2,1-2H3,(H,17,20). The maximum absolute atomic E-state index is 12.5. The Hall–Kier alpha value is -1.88. The van der Waals surface area contributed by atoms with E-state index >= 15 is 0 Å². The first kappa shape index (κ1) is 15.5. The summed E-state index contributed by atoms with van der Waals surface area (Å²) in [5, 5.41) is 2.64. The van der Waals surface area contributed by atoms with Gasteiger partial charge in [0.1, 0.15) is 0 Å². The molecule has 0 radical (unpaired) electrons. The lowest BCUT2D eigenvalue weighted by Crippen LogP contribution is -2.39. The van der Waals surface area contributed by atoms with Gasteiger partial charge in [-0.2, -0.15) is 0 Å². The van der Waals surface area contributed by atoms with E-state index in [1.54, 1.807) is 7.05 Å². The largest absolute Gasteiger partial charge is 0.358 e. The van der Waals surface area contributed by atoms with E-state index in [0.717, 1.165) is 37.2 Å². The van der Waals surface area contributed by atoms with E-state index in [1.807, 2.05) is 36.1 Å². The second-order valence-electron chi connectivity index (χ2n) is 5.46. The summed E-state index contributed by atoms with van der Waals surface area (Å²) in [4.78, 5) is 27.9. The average Bonchev–Trinajstić information content (AvgIpc) is 2.72. The molecule has 5 heteroatoms. The number of aryl methyl sites for hydroxylation is 1. The molecular formula is C16H23N3O2. The van der Waals surface area contributed by atoms with Crippen molar-refractivity contribution in [3.05, 3.63) is 35.4 Å². The van der Waals surface area contributed by atoms with Crippen molar-refractivity contribution in [2.75, 3.05) is 39.8 Å². The summed E-state index contributed by atoms with van der Waals surface area (Å²) in [6.07, 6.45) is 0.897. The minimum Gasteiger partial charge on any atom is -0.358 e. The van der Waals surface area contributed by atoms with E-state index in [9.17, 15) is 9.59 Å². The maximum atomic E-state index is 12.5. The maximum Gasteiger partial charge on any atom is 0.253 e. The predicted molar refractivity (Wildman–Crippen MR) is 82.2 cm³/mol. The fourth-order valence-electron chi connectivity index (χ4n) is 2.57. The Balaban J connectivity index is 1.96. The molecule has 1 N–H and O–H groups in total. The molecule has 0 bridgehead atoms. The number of likely N-dealkylation sites (N-methyl/N-ethyl adjacent to an activating group) is 1. The van der Waals surface area contributed by atoms with E-state index in [4.69, 9.17) is 0 Å². The SMILES string of the molecule is CNC(=O)CN1CCCN(C(=O)c2cccc(C)c2)CC1. The highest BCUT2D eigenvalue weighted by molar-refractivity contribution is 5.94. The number of nitrogens with one attached hydrogen (secondary N) is 1. The fraction of sp³-hybridized carbons (Fsp3) is 0.500. The number of carbonyl (C=O) groups is 2. The normalized spacial score (nSPS) is 16.4. The molecule has 0 spiro atoms. The summed E-state index contributed by atoms with van der Waals surface area (Å²) in [7, 11) is 1.65. The molecule has 2 amide bonds. The Morgan fingerprint density at radius 3 is 2.71 bits per heavy atom. The van der Waals surface area contributed by atoms with Crippen molar-refractivity contribution in [3.63, 3.8) is 0 Å². The van der Waals surface area contributed by atoms with Crippen LogP contribution in [0.25, 0.3) is 0 Å². The van der Waals surface area contributed by atoms with Crippen molar-refractivity contribution in [1.82, 2.24) is 15.1 Å². The Kier molecular flexibility index (Phi) is 5.33. The first-order valence-electron chi connectivity index (χ1n) is 7.39. The van der Waals surface area contributed by atoms with Gasteiger partial charge >= 0.3 is 0 Å². The molecule has 1 heterocycles. The first-order valence-corrected chi connectivity index (χ1v) is 7.39. The molecule has 0 aromatic heterocycles. The molecule has 0 saturated carbocycles. The third-order valence-electron chi connectivity index (χ3n) is 3.79. The number of hydrogen-bond donors (Lipinski definition) is 1. The zero-order valence-corrected chi connectivity index (χ0v) is 12.8. The van der Waals surface area contributed by atoms with Gasteiger partial charge in [0.25, 0.3) is 5.91 Å². The molecule has 0 aliphatic carbocycles. The average molecular weight is 289 g/mol. The molecule has 1 fully saturated rings. The van der Waals surface area contributed by atoms with Crippen LogP contribution in [0.4, 0.5) is 0 Å². The van der Waals surface area contributed by atoms with E-state index in [0.29, 0.717) is 13.1 Å². The Bertz CT molecular complexity index is 516. The van der Waals surface area contributed by atoms with Gasteiger partial charge in [0, 0.05) is 38.8 Å². The molecule has 21 heavy (non-hydrogen) atoms. The fourth-order valence-corrected chi connectivity index (χ4v) is 2.57. The quantitative estimate of drug-likeness (QED) is 0.899. The van der Waals surface area contributed by atoms with Crippen LogP contribution < -0.4 is 5.32 Å². The first-order chi connectivity index (χ1) is 10.1.